The summed E-state index contributed by atoms with van der Waals surface area (Å²) in [4.78, 5) is 23.3. The molecule has 8 heteroatoms. The van der Waals surface area contributed by atoms with Crippen LogP contribution in [0, 0.1) is 0 Å². The molecule has 1 saturated heterocycles. The van der Waals surface area contributed by atoms with E-state index in [4.69, 9.17) is 9.26 Å². The Morgan fingerprint density at radius 2 is 1.71 bits per heavy atom. The van der Waals surface area contributed by atoms with Crippen LogP contribution < -0.4 is 9.64 Å². The van der Waals surface area contributed by atoms with Gasteiger partial charge in [-0.05, 0) is 36.4 Å². The molecule has 0 saturated carbocycles. The number of methoxy groups -OCH3 is 1. The van der Waals surface area contributed by atoms with Gasteiger partial charge in [-0.15, -0.1) is 0 Å². The molecule has 0 bridgehead atoms. The number of hydrogen-bond donors (Lipinski definition) is 0. The summed E-state index contributed by atoms with van der Waals surface area (Å²) in [6.07, 6.45) is 0. The van der Waals surface area contributed by atoms with E-state index in [1.807, 2.05) is 61.6 Å². The Bertz CT molecular complexity index is 982. The van der Waals surface area contributed by atoms with Crippen molar-refractivity contribution in [1.29, 1.82) is 0 Å². The predicted molar refractivity (Wildman–Crippen MR) is 118 cm³/mol. The van der Waals surface area contributed by atoms with Gasteiger partial charge in [0.05, 0.1) is 20.2 Å². The maximum atomic E-state index is 12.6. The number of aromatic nitrogens is 2. The summed E-state index contributed by atoms with van der Waals surface area (Å²) in [5, 5.41) is 4.10. The molecule has 2 heterocycles. The number of anilines is 1. The summed E-state index contributed by atoms with van der Waals surface area (Å²) < 4.78 is 10.6. The number of nitrogens with zero attached hydrogens (tertiary/aromatic N) is 5. The summed E-state index contributed by atoms with van der Waals surface area (Å²) in [5.41, 5.74) is 1.80. The molecule has 1 fully saturated rings. The van der Waals surface area contributed by atoms with E-state index in [1.54, 1.807) is 12.0 Å². The van der Waals surface area contributed by atoms with Crippen LogP contribution in [0.4, 0.5) is 5.69 Å². The summed E-state index contributed by atoms with van der Waals surface area (Å²) >= 11 is 0. The van der Waals surface area contributed by atoms with Crippen LogP contribution in [-0.4, -0.2) is 72.7 Å². The van der Waals surface area contributed by atoms with Gasteiger partial charge < -0.3 is 14.2 Å². The second-order valence-electron chi connectivity index (χ2n) is 7.58. The van der Waals surface area contributed by atoms with Crippen molar-refractivity contribution in [3.05, 3.63) is 60.5 Å². The first-order valence-corrected chi connectivity index (χ1v) is 10.4. The SMILES string of the molecule is COc1ccc(-c2noc(CN3CCN(CC(=O)N(C)c4ccccc4)CC3)n2)cc1. The van der Waals surface area contributed by atoms with Crippen molar-refractivity contribution < 1.29 is 14.1 Å². The van der Waals surface area contributed by atoms with Crippen molar-refractivity contribution in [1.82, 2.24) is 19.9 Å². The molecular formula is C23H27N5O3. The van der Waals surface area contributed by atoms with Crippen molar-refractivity contribution in [2.24, 2.45) is 0 Å². The van der Waals surface area contributed by atoms with E-state index in [-0.39, 0.29) is 5.91 Å². The molecule has 0 spiro atoms. The van der Waals surface area contributed by atoms with Gasteiger partial charge in [-0.25, -0.2) is 0 Å². The summed E-state index contributed by atoms with van der Waals surface area (Å²) in [7, 11) is 3.46. The van der Waals surface area contributed by atoms with Gasteiger partial charge in [0, 0.05) is 44.5 Å². The zero-order chi connectivity index (χ0) is 21.6. The molecular weight excluding hydrogens is 394 g/mol. The first kappa shape index (κ1) is 21.0. The number of carbonyl (C=O) groups excluding carboxylic acids is 1. The minimum absolute atomic E-state index is 0.0979. The van der Waals surface area contributed by atoms with E-state index < -0.39 is 0 Å². The molecule has 0 unspecified atom stereocenters. The van der Waals surface area contributed by atoms with Crippen LogP contribution in [-0.2, 0) is 11.3 Å². The molecule has 31 heavy (non-hydrogen) atoms. The molecule has 4 rings (SSSR count). The molecule has 0 aliphatic carbocycles. The molecule has 2 aromatic carbocycles. The Morgan fingerprint density at radius 1 is 1.03 bits per heavy atom. The highest BCUT2D eigenvalue weighted by atomic mass is 16.5. The van der Waals surface area contributed by atoms with Crippen LogP contribution in [0.15, 0.2) is 59.1 Å². The zero-order valence-corrected chi connectivity index (χ0v) is 17.9. The fourth-order valence-corrected chi connectivity index (χ4v) is 3.57. The monoisotopic (exact) mass is 421 g/mol. The third kappa shape index (κ3) is 5.28. The number of para-hydroxylation sites is 1. The van der Waals surface area contributed by atoms with Gasteiger partial charge >= 0.3 is 0 Å². The number of benzene rings is 2. The Labute approximate surface area is 182 Å². The van der Waals surface area contributed by atoms with E-state index >= 15 is 0 Å². The van der Waals surface area contributed by atoms with Gasteiger partial charge in [0.2, 0.25) is 17.6 Å². The van der Waals surface area contributed by atoms with Crippen molar-refractivity contribution in [3.8, 4) is 17.1 Å². The third-order valence-electron chi connectivity index (χ3n) is 5.52. The first-order valence-electron chi connectivity index (χ1n) is 10.4. The van der Waals surface area contributed by atoms with E-state index in [0.29, 0.717) is 24.8 Å². The maximum absolute atomic E-state index is 12.6. The number of piperazine rings is 1. The number of hydrogen-bond acceptors (Lipinski definition) is 7. The normalized spacial score (nSPS) is 15.0. The number of likely N-dealkylation sites (N-methyl/N-ethyl adjacent to an activating group) is 1. The highest BCUT2D eigenvalue weighted by Gasteiger charge is 2.22. The van der Waals surface area contributed by atoms with Crippen LogP contribution in [0.5, 0.6) is 5.75 Å². The second-order valence-corrected chi connectivity index (χ2v) is 7.58. The number of ether oxygens (including phenoxy) is 1. The summed E-state index contributed by atoms with van der Waals surface area (Å²) in [6, 6.07) is 17.3. The highest BCUT2D eigenvalue weighted by molar-refractivity contribution is 5.94. The van der Waals surface area contributed by atoms with Crippen LogP contribution in [0.2, 0.25) is 0 Å². The predicted octanol–water partition coefficient (Wildman–Crippen LogP) is 2.53. The van der Waals surface area contributed by atoms with Crippen molar-refractivity contribution in [2.75, 3.05) is 51.8 Å². The van der Waals surface area contributed by atoms with E-state index in [0.717, 1.165) is 43.2 Å². The standard InChI is InChI=1S/C23H27N5O3/c1-26(19-6-4-3-5-7-19)22(29)17-28-14-12-27(13-15-28)16-21-24-23(25-31-21)18-8-10-20(30-2)11-9-18/h3-11H,12-17H2,1-2H3. The lowest BCUT2D eigenvalue weighted by Gasteiger charge is -2.34. The van der Waals surface area contributed by atoms with Crippen molar-refractivity contribution >= 4 is 11.6 Å². The van der Waals surface area contributed by atoms with Crippen LogP contribution in [0.1, 0.15) is 5.89 Å². The Hall–Kier alpha value is -3.23. The topological polar surface area (TPSA) is 74.9 Å². The largest absolute Gasteiger partial charge is 0.497 e. The molecule has 3 aromatic rings. The molecule has 1 aromatic heterocycles. The fraction of sp³-hybridized carbons (Fsp3) is 0.348. The molecule has 1 aliphatic rings. The third-order valence-corrected chi connectivity index (χ3v) is 5.52. The van der Waals surface area contributed by atoms with Gasteiger partial charge in [0.25, 0.3) is 0 Å². The van der Waals surface area contributed by atoms with Crippen molar-refractivity contribution in [2.45, 2.75) is 6.54 Å². The molecule has 0 atom stereocenters. The Balaban J connectivity index is 1.26. The fourth-order valence-electron chi connectivity index (χ4n) is 3.57. The zero-order valence-electron chi connectivity index (χ0n) is 17.9. The lowest BCUT2D eigenvalue weighted by Crippen LogP contribution is -2.49. The minimum Gasteiger partial charge on any atom is -0.497 e. The molecule has 0 N–H and O–H groups in total. The van der Waals surface area contributed by atoms with Gasteiger partial charge in [-0.3, -0.25) is 14.6 Å². The lowest BCUT2D eigenvalue weighted by molar-refractivity contribution is -0.119. The van der Waals surface area contributed by atoms with Gasteiger partial charge in [-0.2, -0.15) is 4.98 Å². The molecule has 1 amide bonds. The summed E-state index contributed by atoms with van der Waals surface area (Å²) in [5.74, 6) is 2.06. The average Bonchev–Trinajstić information content (AvgIpc) is 3.29. The smallest absolute Gasteiger partial charge is 0.241 e. The molecule has 8 nitrogen and oxygen atoms in total. The quantitative estimate of drug-likeness (QED) is 0.580. The van der Waals surface area contributed by atoms with Crippen molar-refractivity contribution in [3.63, 3.8) is 0 Å². The minimum atomic E-state index is 0.0979. The molecule has 162 valence electrons. The van der Waals surface area contributed by atoms with Gasteiger partial charge in [0.15, 0.2) is 0 Å². The number of rotatable bonds is 7. The van der Waals surface area contributed by atoms with Gasteiger partial charge in [-0.1, -0.05) is 23.4 Å². The highest BCUT2D eigenvalue weighted by Crippen LogP contribution is 2.20. The Morgan fingerprint density at radius 3 is 2.39 bits per heavy atom. The summed E-state index contributed by atoms with van der Waals surface area (Å²) in [6.45, 7) is 4.38. The van der Waals surface area contributed by atoms with Crippen LogP contribution in [0.25, 0.3) is 11.4 Å². The maximum Gasteiger partial charge on any atom is 0.241 e. The number of amides is 1. The molecule has 1 aliphatic heterocycles. The second kappa shape index (κ2) is 9.72. The first-order chi connectivity index (χ1) is 15.1. The Kier molecular flexibility index (Phi) is 6.59. The van der Waals surface area contributed by atoms with Crippen LogP contribution >= 0.6 is 0 Å². The molecule has 0 radical (unpaired) electrons. The van der Waals surface area contributed by atoms with E-state index in [9.17, 15) is 4.79 Å². The number of carbonyl (C=O) groups is 1. The van der Waals surface area contributed by atoms with Crippen LogP contribution in [0.3, 0.4) is 0 Å². The average molecular weight is 422 g/mol. The lowest BCUT2D eigenvalue weighted by atomic mass is 10.2. The van der Waals surface area contributed by atoms with E-state index in [1.165, 1.54) is 0 Å². The van der Waals surface area contributed by atoms with Gasteiger partial charge in [0.1, 0.15) is 5.75 Å². The van der Waals surface area contributed by atoms with E-state index in [2.05, 4.69) is 19.9 Å².